The molecule has 2 aromatic carbocycles. The smallest absolute Gasteiger partial charge is 0.129 e. The van der Waals surface area contributed by atoms with Gasteiger partial charge in [0.1, 0.15) is 18.2 Å². The third-order valence-corrected chi connectivity index (χ3v) is 4.80. The summed E-state index contributed by atoms with van der Waals surface area (Å²) in [4.78, 5) is 0. The van der Waals surface area contributed by atoms with Gasteiger partial charge in [-0.15, -0.1) is 0 Å². The summed E-state index contributed by atoms with van der Waals surface area (Å²) in [5.41, 5.74) is 4.09. The zero-order chi connectivity index (χ0) is 16.9. The summed E-state index contributed by atoms with van der Waals surface area (Å²) in [6, 6.07) is 11.8. The maximum atomic E-state index is 13.7. The first-order chi connectivity index (χ1) is 11.6. The Morgan fingerprint density at radius 2 is 1.75 bits per heavy atom. The molecule has 0 amide bonds. The zero-order valence-electron chi connectivity index (χ0n) is 14.6. The van der Waals surface area contributed by atoms with Crippen LogP contribution < -0.4 is 10.1 Å². The third kappa shape index (κ3) is 4.15. The van der Waals surface area contributed by atoms with E-state index in [4.69, 9.17) is 4.74 Å². The van der Waals surface area contributed by atoms with Gasteiger partial charge in [-0.05, 0) is 49.4 Å². The fourth-order valence-corrected chi connectivity index (χ4v) is 3.53. The Kier molecular flexibility index (Phi) is 5.52. The summed E-state index contributed by atoms with van der Waals surface area (Å²) in [6.45, 7) is 5.28. The summed E-state index contributed by atoms with van der Waals surface area (Å²) in [6.07, 6.45) is 5.28. The van der Waals surface area contributed by atoms with E-state index in [0.29, 0.717) is 11.6 Å². The molecule has 0 spiro atoms. The lowest BCUT2D eigenvalue weighted by Gasteiger charge is -2.16. The van der Waals surface area contributed by atoms with Gasteiger partial charge in [-0.2, -0.15) is 0 Å². The number of ether oxygens (including phenoxy) is 1. The van der Waals surface area contributed by atoms with Crippen molar-refractivity contribution in [3.8, 4) is 5.75 Å². The molecule has 0 aliphatic heterocycles. The topological polar surface area (TPSA) is 21.3 Å². The molecule has 1 saturated carbocycles. The van der Waals surface area contributed by atoms with E-state index in [9.17, 15) is 4.39 Å². The van der Waals surface area contributed by atoms with Gasteiger partial charge in [0.15, 0.2) is 0 Å². The zero-order valence-corrected chi connectivity index (χ0v) is 14.6. The van der Waals surface area contributed by atoms with Crippen molar-refractivity contribution in [3.63, 3.8) is 0 Å². The normalized spacial score (nSPS) is 15.0. The van der Waals surface area contributed by atoms with Crippen molar-refractivity contribution in [2.75, 3.05) is 0 Å². The van der Waals surface area contributed by atoms with Crippen molar-refractivity contribution in [2.24, 2.45) is 0 Å². The van der Waals surface area contributed by atoms with Gasteiger partial charge in [-0.25, -0.2) is 4.39 Å². The molecule has 0 radical (unpaired) electrons. The first kappa shape index (κ1) is 17.0. The van der Waals surface area contributed by atoms with Crippen LogP contribution in [0.2, 0.25) is 0 Å². The molecule has 0 saturated heterocycles. The van der Waals surface area contributed by atoms with Gasteiger partial charge >= 0.3 is 0 Å². The fraction of sp³-hybridized carbons (Fsp3) is 0.429. The molecule has 1 aliphatic carbocycles. The quantitative estimate of drug-likeness (QED) is 0.801. The number of halogens is 1. The highest BCUT2D eigenvalue weighted by Gasteiger charge is 2.14. The summed E-state index contributed by atoms with van der Waals surface area (Å²) < 4.78 is 19.6. The van der Waals surface area contributed by atoms with Crippen LogP contribution >= 0.6 is 0 Å². The van der Waals surface area contributed by atoms with Crippen LogP contribution in [-0.4, -0.2) is 6.04 Å². The van der Waals surface area contributed by atoms with Gasteiger partial charge in [-0.1, -0.05) is 43.2 Å². The first-order valence-electron chi connectivity index (χ1n) is 8.83. The maximum absolute atomic E-state index is 13.7. The van der Waals surface area contributed by atoms with Crippen molar-refractivity contribution in [2.45, 2.75) is 58.7 Å². The van der Waals surface area contributed by atoms with E-state index >= 15 is 0 Å². The first-order valence-corrected chi connectivity index (χ1v) is 8.83. The Morgan fingerprint density at radius 3 is 2.42 bits per heavy atom. The fourth-order valence-electron chi connectivity index (χ4n) is 3.53. The Hall–Kier alpha value is -1.87. The molecule has 1 aliphatic rings. The van der Waals surface area contributed by atoms with Crippen LogP contribution in [0.5, 0.6) is 5.75 Å². The summed E-state index contributed by atoms with van der Waals surface area (Å²) in [7, 11) is 0. The van der Waals surface area contributed by atoms with E-state index in [1.54, 1.807) is 12.1 Å². The minimum absolute atomic E-state index is 0.217. The Bertz CT molecular complexity index is 669. The molecule has 0 heterocycles. The molecule has 2 nitrogen and oxygen atoms in total. The number of rotatable bonds is 6. The average molecular weight is 327 g/mol. The largest absolute Gasteiger partial charge is 0.488 e. The molecule has 0 unspecified atom stereocenters. The van der Waals surface area contributed by atoms with Crippen molar-refractivity contribution >= 4 is 0 Å². The standard InChI is InChI=1S/C21H26FNO/c1-15-11-17(13-23-19-8-4-5-9-19)12-16(2)21(15)24-14-18-7-3-6-10-20(18)22/h3,6-7,10-12,19,23H,4-5,8-9,13-14H2,1-2H3. The molecule has 0 bridgehead atoms. The lowest BCUT2D eigenvalue weighted by Crippen LogP contribution is -2.25. The van der Waals surface area contributed by atoms with E-state index in [1.165, 1.54) is 37.3 Å². The second-order valence-electron chi connectivity index (χ2n) is 6.80. The van der Waals surface area contributed by atoms with Crippen molar-refractivity contribution in [1.82, 2.24) is 5.32 Å². The molecule has 0 aromatic heterocycles. The molecule has 1 fully saturated rings. The van der Waals surface area contributed by atoms with Gasteiger partial charge < -0.3 is 10.1 Å². The summed E-state index contributed by atoms with van der Waals surface area (Å²) in [5, 5.41) is 3.65. The highest BCUT2D eigenvalue weighted by Crippen LogP contribution is 2.26. The van der Waals surface area contributed by atoms with Crippen LogP contribution in [0.15, 0.2) is 36.4 Å². The van der Waals surface area contributed by atoms with Crippen molar-refractivity contribution in [3.05, 3.63) is 64.5 Å². The summed E-state index contributed by atoms with van der Waals surface area (Å²) >= 11 is 0. The van der Waals surface area contributed by atoms with Gasteiger partial charge in [0.2, 0.25) is 0 Å². The molecule has 1 N–H and O–H groups in total. The highest BCUT2D eigenvalue weighted by atomic mass is 19.1. The maximum Gasteiger partial charge on any atom is 0.129 e. The lowest BCUT2D eigenvalue weighted by atomic mass is 10.0. The number of hydrogen-bond donors (Lipinski definition) is 1. The molecular weight excluding hydrogens is 301 g/mol. The molecule has 128 valence electrons. The SMILES string of the molecule is Cc1cc(CNC2CCCC2)cc(C)c1OCc1ccccc1F. The van der Waals surface area contributed by atoms with Crippen molar-refractivity contribution < 1.29 is 9.13 Å². The van der Waals surface area contributed by atoms with E-state index in [0.717, 1.165) is 23.4 Å². The third-order valence-electron chi connectivity index (χ3n) is 4.80. The van der Waals surface area contributed by atoms with Gasteiger partial charge in [0.25, 0.3) is 0 Å². The monoisotopic (exact) mass is 327 g/mol. The number of hydrogen-bond acceptors (Lipinski definition) is 2. The van der Waals surface area contributed by atoms with Gasteiger partial charge in [-0.3, -0.25) is 0 Å². The second-order valence-corrected chi connectivity index (χ2v) is 6.80. The lowest BCUT2D eigenvalue weighted by molar-refractivity contribution is 0.295. The Morgan fingerprint density at radius 1 is 1.08 bits per heavy atom. The van der Waals surface area contributed by atoms with E-state index in [-0.39, 0.29) is 12.4 Å². The molecule has 3 heteroatoms. The summed E-state index contributed by atoms with van der Waals surface area (Å²) in [5.74, 6) is 0.646. The molecule has 24 heavy (non-hydrogen) atoms. The van der Waals surface area contributed by atoms with Gasteiger partial charge in [0, 0.05) is 18.2 Å². The minimum Gasteiger partial charge on any atom is -0.488 e. The van der Waals surface area contributed by atoms with Crippen LogP contribution in [0.25, 0.3) is 0 Å². The molecule has 0 atom stereocenters. The molecule has 2 aromatic rings. The Balaban J connectivity index is 1.64. The average Bonchev–Trinajstić information content (AvgIpc) is 3.07. The van der Waals surface area contributed by atoms with E-state index in [2.05, 4.69) is 31.3 Å². The number of nitrogens with one attached hydrogen (secondary N) is 1. The Labute approximate surface area is 144 Å². The van der Waals surface area contributed by atoms with Gasteiger partial charge in [0.05, 0.1) is 0 Å². The van der Waals surface area contributed by atoms with Crippen LogP contribution in [0, 0.1) is 19.7 Å². The number of aryl methyl sites for hydroxylation is 2. The minimum atomic E-state index is -0.217. The van der Waals surface area contributed by atoms with Crippen LogP contribution in [0.4, 0.5) is 4.39 Å². The predicted molar refractivity (Wildman–Crippen MR) is 95.7 cm³/mol. The second kappa shape index (κ2) is 7.80. The molecular formula is C21H26FNO. The van der Waals surface area contributed by atoms with Crippen molar-refractivity contribution in [1.29, 1.82) is 0 Å². The van der Waals surface area contributed by atoms with Crippen LogP contribution in [-0.2, 0) is 13.2 Å². The van der Waals surface area contributed by atoms with E-state index < -0.39 is 0 Å². The number of benzene rings is 2. The highest BCUT2D eigenvalue weighted by molar-refractivity contribution is 5.43. The van der Waals surface area contributed by atoms with Crippen LogP contribution in [0.3, 0.4) is 0 Å². The van der Waals surface area contributed by atoms with E-state index in [1.807, 2.05) is 6.07 Å². The predicted octanol–water partition coefficient (Wildman–Crippen LogP) is 5.05. The van der Waals surface area contributed by atoms with Crippen LogP contribution in [0.1, 0.15) is 47.9 Å². The molecule has 3 rings (SSSR count).